The molecule has 0 saturated carbocycles. The fraction of sp³-hybridized carbons (Fsp3) is 0.455. The third kappa shape index (κ3) is 3.89. The van der Waals surface area contributed by atoms with Gasteiger partial charge in [0.2, 0.25) is 11.8 Å². The Bertz CT molecular complexity index is 865. The Labute approximate surface area is 169 Å². The van der Waals surface area contributed by atoms with Crippen LogP contribution in [0.15, 0.2) is 47.5 Å². The molecule has 4 rings (SSSR count). The summed E-state index contributed by atoms with van der Waals surface area (Å²) in [6.07, 6.45) is 10.2. The maximum Gasteiger partial charge on any atom is 0.233 e. The fourth-order valence-corrected chi connectivity index (χ4v) is 5.25. The van der Waals surface area contributed by atoms with Crippen molar-refractivity contribution in [2.45, 2.75) is 43.0 Å². The van der Waals surface area contributed by atoms with Gasteiger partial charge in [-0.15, -0.1) is 11.8 Å². The van der Waals surface area contributed by atoms with E-state index in [1.807, 2.05) is 30.5 Å². The number of thioether (sulfide) groups is 1. The molecular weight excluding hydrogens is 370 g/mol. The highest BCUT2D eigenvalue weighted by molar-refractivity contribution is 7.99. The summed E-state index contributed by atoms with van der Waals surface area (Å²) in [4.78, 5) is 30.9. The molecule has 1 unspecified atom stereocenters. The lowest BCUT2D eigenvalue weighted by Crippen LogP contribution is -2.32. The van der Waals surface area contributed by atoms with Gasteiger partial charge in [-0.1, -0.05) is 36.8 Å². The molecule has 0 bridgehead atoms. The number of amides is 2. The van der Waals surface area contributed by atoms with Crippen molar-refractivity contribution in [1.82, 2.24) is 9.88 Å². The van der Waals surface area contributed by atoms with E-state index in [-0.39, 0.29) is 29.7 Å². The van der Waals surface area contributed by atoms with E-state index in [1.54, 1.807) is 11.8 Å². The molecule has 2 aliphatic rings. The smallest absolute Gasteiger partial charge is 0.233 e. The number of carbonyl (C=O) groups is 2. The van der Waals surface area contributed by atoms with Gasteiger partial charge in [-0.3, -0.25) is 14.5 Å². The van der Waals surface area contributed by atoms with Gasteiger partial charge in [0.05, 0.1) is 11.8 Å². The van der Waals surface area contributed by atoms with Gasteiger partial charge < -0.3 is 10.7 Å². The number of hydrogen-bond donors (Lipinski definition) is 2. The van der Waals surface area contributed by atoms with Gasteiger partial charge in [0, 0.05) is 40.3 Å². The molecule has 5 nitrogen and oxygen atoms in total. The Morgan fingerprint density at radius 3 is 2.57 bits per heavy atom. The summed E-state index contributed by atoms with van der Waals surface area (Å²) in [5, 5.41) is 1.24. The van der Waals surface area contributed by atoms with Gasteiger partial charge in [-0.25, -0.2) is 0 Å². The molecule has 1 aliphatic carbocycles. The van der Waals surface area contributed by atoms with Crippen molar-refractivity contribution >= 4 is 34.5 Å². The van der Waals surface area contributed by atoms with Crippen LogP contribution in [0.1, 0.15) is 32.1 Å². The zero-order valence-corrected chi connectivity index (χ0v) is 16.8. The van der Waals surface area contributed by atoms with Crippen molar-refractivity contribution in [3.05, 3.63) is 42.6 Å². The second kappa shape index (κ2) is 8.53. The number of benzene rings is 1. The molecule has 1 saturated heterocycles. The molecule has 2 aromatic rings. The molecule has 1 aliphatic heterocycles. The number of nitrogens with one attached hydrogen (secondary N) is 1. The Morgan fingerprint density at radius 2 is 1.82 bits per heavy atom. The highest BCUT2D eigenvalue weighted by Crippen LogP contribution is 2.35. The summed E-state index contributed by atoms with van der Waals surface area (Å²) in [6, 6.07) is 8.38. The second-order valence-electron chi connectivity index (χ2n) is 7.75. The number of H-pyrrole nitrogens is 1. The largest absolute Gasteiger partial charge is 0.360 e. The predicted molar refractivity (Wildman–Crippen MR) is 113 cm³/mol. The fourth-order valence-electron chi connectivity index (χ4n) is 4.21. The van der Waals surface area contributed by atoms with E-state index in [2.05, 4.69) is 17.1 Å². The van der Waals surface area contributed by atoms with Crippen molar-refractivity contribution in [2.24, 2.45) is 17.6 Å². The van der Waals surface area contributed by atoms with Crippen LogP contribution < -0.4 is 5.73 Å². The first-order valence-corrected chi connectivity index (χ1v) is 11.1. The van der Waals surface area contributed by atoms with Crippen molar-refractivity contribution < 1.29 is 9.59 Å². The predicted octanol–water partition coefficient (Wildman–Crippen LogP) is 3.71. The van der Waals surface area contributed by atoms with Crippen molar-refractivity contribution in [2.75, 3.05) is 12.3 Å². The monoisotopic (exact) mass is 397 g/mol. The maximum absolute atomic E-state index is 12.5. The molecule has 1 fully saturated rings. The number of allylic oxidation sites excluding steroid dienone is 2. The Morgan fingerprint density at radius 1 is 1.11 bits per heavy atom. The van der Waals surface area contributed by atoms with Crippen LogP contribution in [-0.4, -0.2) is 40.0 Å². The summed E-state index contributed by atoms with van der Waals surface area (Å²) in [7, 11) is 0. The van der Waals surface area contributed by atoms with E-state index >= 15 is 0 Å². The molecule has 1 aromatic heterocycles. The molecule has 3 atom stereocenters. The number of para-hydroxylation sites is 1. The summed E-state index contributed by atoms with van der Waals surface area (Å²) in [5.74, 6) is 0.677. The van der Waals surface area contributed by atoms with Gasteiger partial charge in [0.1, 0.15) is 0 Å². The van der Waals surface area contributed by atoms with Crippen LogP contribution in [0.4, 0.5) is 0 Å². The summed E-state index contributed by atoms with van der Waals surface area (Å²) in [5.41, 5.74) is 7.44. The Hall–Kier alpha value is -2.05. The minimum absolute atomic E-state index is 0.0264. The quantitative estimate of drug-likeness (QED) is 0.308. The molecule has 2 amide bonds. The van der Waals surface area contributed by atoms with E-state index in [9.17, 15) is 9.59 Å². The van der Waals surface area contributed by atoms with Gasteiger partial charge in [0.25, 0.3) is 0 Å². The highest BCUT2D eigenvalue weighted by atomic mass is 32.2. The van der Waals surface area contributed by atoms with Crippen LogP contribution >= 0.6 is 11.8 Å². The van der Waals surface area contributed by atoms with E-state index in [0.717, 1.165) is 30.5 Å². The summed E-state index contributed by atoms with van der Waals surface area (Å²) < 4.78 is 0. The van der Waals surface area contributed by atoms with Crippen LogP contribution in [0.5, 0.6) is 0 Å². The molecule has 3 N–H and O–H groups in total. The minimum atomic E-state index is -0.118. The number of nitrogens with two attached hydrogens (primary N) is 1. The van der Waals surface area contributed by atoms with E-state index in [0.29, 0.717) is 19.4 Å². The molecule has 2 heterocycles. The van der Waals surface area contributed by atoms with Crippen molar-refractivity contribution in [3.63, 3.8) is 0 Å². The lowest BCUT2D eigenvalue weighted by Gasteiger charge is -2.15. The normalized spacial score (nSPS) is 22.8. The number of unbranched alkanes of at least 4 members (excludes halogenated alkanes) is 1. The minimum Gasteiger partial charge on any atom is -0.360 e. The van der Waals surface area contributed by atoms with Crippen LogP contribution in [0.2, 0.25) is 0 Å². The van der Waals surface area contributed by atoms with Crippen molar-refractivity contribution in [3.8, 4) is 0 Å². The number of rotatable bonds is 8. The molecule has 0 radical (unpaired) electrons. The van der Waals surface area contributed by atoms with Crippen LogP contribution in [0.3, 0.4) is 0 Å². The Kier molecular flexibility index (Phi) is 5.87. The van der Waals surface area contributed by atoms with Crippen LogP contribution in [0.25, 0.3) is 10.9 Å². The molecule has 28 heavy (non-hydrogen) atoms. The first kappa shape index (κ1) is 19.3. The van der Waals surface area contributed by atoms with Gasteiger partial charge in [0.15, 0.2) is 0 Å². The third-order valence-electron chi connectivity index (χ3n) is 5.81. The SMILES string of the molecule is NC(CCCCN1C(=O)[C@H]2CC=CC[C@H]2C1=O)CSc1c[nH]c2ccccc12. The maximum atomic E-state index is 12.5. The number of aromatic amines is 1. The van der Waals surface area contributed by atoms with Crippen LogP contribution in [-0.2, 0) is 9.59 Å². The van der Waals surface area contributed by atoms with E-state index in [4.69, 9.17) is 5.73 Å². The van der Waals surface area contributed by atoms with Gasteiger partial charge in [-0.2, -0.15) is 0 Å². The third-order valence-corrected chi connectivity index (χ3v) is 7.05. The first-order chi connectivity index (χ1) is 13.6. The lowest BCUT2D eigenvalue weighted by molar-refractivity contribution is -0.139. The summed E-state index contributed by atoms with van der Waals surface area (Å²) >= 11 is 1.78. The average Bonchev–Trinajstić information content (AvgIpc) is 3.24. The number of hydrogen-bond acceptors (Lipinski definition) is 4. The summed E-state index contributed by atoms with van der Waals surface area (Å²) in [6.45, 7) is 0.535. The highest BCUT2D eigenvalue weighted by Gasteiger charge is 2.46. The second-order valence-corrected chi connectivity index (χ2v) is 8.81. The number of imide groups is 1. The zero-order valence-electron chi connectivity index (χ0n) is 16.0. The standard InChI is InChI=1S/C22H27N3O2S/c23-15(14-28-20-13-24-19-11-4-3-10-18(19)20)7-5-6-12-25-21(26)16-8-1-2-9-17(16)22(25)27/h1-4,10-11,13,15-17,24H,5-9,12,14,23H2/t15?,16-,17+. The Balaban J connectivity index is 1.19. The molecule has 1 aromatic carbocycles. The van der Waals surface area contributed by atoms with Crippen LogP contribution in [0, 0.1) is 11.8 Å². The number of carbonyl (C=O) groups excluding carboxylic acids is 2. The number of aromatic nitrogens is 1. The van der Waals surface area contributed by atoms with E-state index < -0.39 is 0 Å². The lowest BCUT2D eigenvalue weighted by atomic mass is 9.85. The first-order valence-electron chi connectivity index (χ1n) is 10.1. The van der Waals surface area contributed by atoms with Gasteiger partial charge in [-0.05, 0) is 31.7 Å². The van der Waals surface area contributed by atoms with Crippen molar-refractivity contribution in [1.29, 1.82) is 0 Å². The number of likely N-dealkylation sites (tertiary alicyclic amines) is 1. The van der Waals surface area contributed by atoms with E-state index in [1.165, 1.54) is 15.2 Å². The molecule has 0 spiro atoms. The average molecular weight is 398 g/mol. The topological polar surface area (TPSA) is 79.2 Å². The number of fused-ring (bicyclic) bond motifs is 2. The zero-order chi connectivity index (χ0) is 19.5. The molecular formula is C22H27N3O2S. The number of nitrogens with zero attached hydrogens (tertiary/aromatic N) is 1. The van der Waals surface area contributed by atoms with Gasteiger partial charge >= 0.3 is 0 Å². The molecule has 148 valence electrons. The molecule has 6 heteroatoms.